The fourth-order valence-electron chi connectivity index (χ4n) is 2.99. The molecule has 0 saturated carbocycles. The number of rotatable bonds is 6. The predicted molar refractivity (Wildman–Crippen MR) is 124 cm³/mol. The van der Waals surface area contributed by atoms with Crippen molar-refractivity contribution in [2.75, 3.05) is 12.4 Å². The highest BCUT2D eigenvalue weighted by Gasteiger charge is 2.16. The van der Waals surface area contributed by atoms with Gasteiger partial charge in [0, 0.05) is 29.8 Å². The molecule has 3 N–H and O–H groups in total. The van der Waals surface area contributed by atoms with Gasteiger partial charge in [-0.1, -0.05) is 11.6 Å². The number of hydrogen-bond acceptors (Lipinski definition) is 6. The van der Waals surface area contributed by atoms with Crippen LogP contribution < -0.4 is 20.9 Å². The van der Waals surface area contributed by atoms with Gasteiger partial charge in [-0.2, -0.15) is 11.3 Å². The summed E-state index contributed by atoms with van der Waals surface area (Å²) < 4.78 is 5.04. The number of carbonyl (C=O) groups excluding carboxylic acids is 2. The lowest BCUT2D eigenvalue weighted by Crippen LogP contribution is -2.24. The number of nitrogens with one attached hydrogen (secondary N) is 3. The molecule has 162 valence electrons. The second-order valence-electron chi connectivity index (χ2n) is 6.79. The Bertz CT molecular complexity index is 1370. The summed E-state index contributed by atoms with van der Waals surface area (Å²) in [6, 6.07) is 9.45. The summed E-state index contributed by atoms with van der Waals surface area (Å²) in [5.74, 6) is -0.639. The fraction of sp³-hybridized carbons (Fsp3) is 0.0909. The average molecular weight is 469 g/mol. The molecule has 10 heteroatoms. The highest BCUT2D eigenvalue weighted by molar-refractivity contribution is 7.07. The quantitative estimate of drug-likeness (QED) is 0.398. The number of amides is 2. The molecule has 2 amide bonds. The smallest absolute Gasteiger partial charge is 0.261 e. The number of nitrogens with zero attached hydrogens (tertiary/aromatic N) is 1. The number of H-pyrrole nitrogens is 1. The van der Waals surface area contributed by atoms with Crippen molar-refractivity contribution in [3.05, 3.63) is 85.4 Å². The van der Waals surface area contributed by atoms with Crippen molar-refractivity contribution in [1.29, 1.82) is 0 Å². The molecule has 0 saturated heterocycles. The number of methoxy groups -OCH3 is 1. The lowest BCUT2D eigenvalue weighted by atomic mass is 10.1. The van der Waals surface area contributed by atoms with E-state index in [-0.39, 0.29) is 22.2 Å². The van der Waals surface area contributed by atoms with Crippen LogP contribution in [0, 0.1) is 0 Å². The third kappa shape index (κ3) is 4.63. The number of benzene rings is 1. The average Bonchev–Trinajstić information content (AvgIpc) is 3.31. The van der Waals surface area contributed by atoms with Gasteiger partial charge in [0.15, 0.2) is 0 Å². The van der Waals surface area contributed by atoms with Crippen LogP contribution in [0.25, 0.3) is 10.9 Å². The molecule has 8 nitrogen and oxygen atoms in total. The Labute approximate surface area is 191 Å². The topological polar surface area (TPSA) is 113 Å². The second kappa shape index (κ2) is 9.21. The SMILES string of the molecule is COc1cc2[nH]c(=O)c(C(=O)Nc3cc(C(=O)NCc4ccsc4)ccc3Cl)cc2cn1. The maximum atomic E-state index is 12.8. The molecule has 0 atom stereocenters. The van der Waals surface area contributed by atoms with Gasteiger partial charge < -0.3 is 20.4 Å². The Kier molecular flexibility index (Phi) is 6.20. The number of aromatic amines is 1. The third-order valence-electron chi connectivity index (χ3n) is 4.67. The molecular formula is C22H17ClN4O4S. The largest absolute Gasteiger partial charge is 0.481 e. The summed E-state index contributed by atoms with van der Waals surface area (Å²) in [6.45, 7) is 0.387. The van der Waals surface area contributed by atoms with E-state index in [1.807, 2.05) is 16.8 Å². The lowest BCUT2D eigenvalue weighted by molar-refractivity contribution is 0.0949. The van der Waals surface area contributed by atoms with Crippen LogP contribution in [0.15, 0.2) is 58.1 Å². The summed E-state index contributed by atoms with van der Waals surface area (Å²) >= 11 is 7.75. The number of ether oxygens (including phenoxy) is 1. The molecule has 0 bridgehead atoms. The zero-order valence-corrected chi connectivity index (χ0v) is 18.3. The third-order valence-corrected chi connectivity index (χ3v) is 5.73. The zero-order valence-electron chi connectivity index (χ0n) is 16.8. The van der Waals surface area contributed by atoms with Crippen molar-refractivity contribution in [1.82, 2.24) is 15.3 Å². The van der Waals surface area contributed by atoms with E-state index in [4.69, 9.17) is 16.3 Å². The van der Waals surface area contributed by atoms with Crippen LogP contribution >= 0.6 is 22.9 Å². The van der Waals surface area contributed by atoms with Crippen molar-refractivity contribution in [3.63, 3.8) is 0 Å². The van der Waals surface area contributed by atoms with Gasteiger partial charge in [-0.3, -0.25) is 14.4 Å². The second-order valence-corrected chi connectivity index (χ2v) is 7.98. The minimum Gasteiger partial charge on any atom is -0.481 e. The van der Waals surface area contributed by atoms with Crippen LogP contribution in [0.1, 0.15) is 26.3 Å². The van der Waals surface area contributed by atoms with Gasteiger partial charge in [-0.15, -0.1) is 0 Å². The van der Waals surface area contributed by atoms with Crippen molar-refractivity contribution < 1.29 is 14.3 Å². The number of thiophene rings is 1. The number of aromatic nitrogens is 2. The number of fused-ring (bicyclic) bond motifs is 1. The number of carbonyl (C=O) groups is 2. The number of hydrogen-bond donors (Lipinski definition) is 3. The van der Waals surface area contributed by atoms with Crippen LogP contribution in [0.4, 0.5) is 5.69 Å². The van der Waals surface area contributed by atoms with Crippen molar-refractivity contribution in [2.45, 2.75) is 6.54 Å². The number of anilines is 1. The van der Waals surface area contributed by atoms with Gasteiger partial charge in [0.1, 0.15) is 5.56 Å². The van der Waals surface area contributed by atoms with E-state index in [0.717, 1.165) is 5.56 Å². The van der Waals surface area contributed by atoms with Crippen molar-refractivity contribution in [2.24, 2.45) is 0 Å². The van der Waals surface area contributed by atoms with Crippen LogP contribution in [-0.4, -0.2) is 28.9 Å². The van der Waals surface area contributed by atoms with Crippen LogP contribution in [0.3, 0.4) is 0 Å². The molecule has 0 aliphatic carbocycles. The van der Waals surface area contributed by atoms with Gasteiger partial charge in [0.25, 0.3) is 17.4 Å². The Morgan fingerprint density at radius 1 is 1.19 bits per heavy atom. The molecule has 0 radical (unpaired) electrons. The van der Waals surface area contributed by atoms with Gasteiger partial charge in [0.2, 0.25) is 5.88 Å². The molecule has 1 aromatic carbocycles. The zero-order chi connectivity index (χ0) is 22.7. The highest BCUT2D eigenvalue weighted by Crippen LogP contribution is 2.24. The van der Waals surface area contributed by atoms with Gasteiger partial charge >= 0.3 is 0 Å². The van der Waals surface area contributed by atoms with E-state index in [1.165, 1.54) is 31.5 Å². The highest BCUT2D eigenvalue weighted by atomic mass is 35.5. The molecule has 4 aromatic rings. The van der Waals surface area contributed by atoms with Gasteiger partial charge in [-0.25, -0.2) is 4.98 Å². The van der Waals surface area contributed by atoms with E-state index in [9.17, 15) is 14.4 Å². The standard InChI is InChI=1S/C22H17ClN4O4S/c1-31-19-8-17-14(10-24-19)6-15(21(29)26-17)22(30)27-18-7-13(2-3-16(18)23)20(28)25-9-12-4-5-32-11-12/h2-8,10-11H,9H2,1H3,(H,25,28)(H,26,29)(H,27,30). The molecule has 32 heavy (non-hydrogen) atoms. The Balaban J connectivity index is 1.55. The number of halogens is 1. The summed E-state index contributed by atoms with van der Waals surface area (Å²) in [4.78, 5) is 44.4. The first-order valence-electron chi connectivity index (χ1n) is 9.42. The Hall–Kier alpha value is -3.69. The van der Waals surface area contributed by atoms with Gasteiger partial charge in [0.05, 0.1) is 23.3 Å². The van der Waals surface area contributed by atoms with Gasteiger partial charge in [-0.05, 0) is 46.7 Å². The fourth-order valence-corrected chi connectivity index (χ4v) is 3.82. The van der Waals surface area contributed by atoms with Crippen LogP contribution in [0.2, 0.25) is 5.02 Å². The summed E-state index contributed by atoms with van der Waals surface area (Å²) in [5.41, 5.74) is 1.32. The van der Waals surface area contributed by atoms with E-state index in [2.05, 4.69) is 20.6 Å². The van der Waals surface area contributed by atoms with E-state index in [1.54, 1.807) is 23.5 Å². The van der Waals surface area contributed by atoms with Crippen LogP contribution in [-0.2, 0) is 6.54 Å². The maximum Gasteiger partial charge on any atom is 0.261 e. The molecule has 3 aromatic heterocycles. The normalized spacial score (nSPS) is 10.7. The first kappa shape index (κ1) is 21.5. The molecule has 3 heterocycles. The van der Waals surface area contributed by atoms with Crippen molar-refractivity contribution >= 4 is 51.3 Å². The van der Waals surface area contributed by atoms with Crippen molar-refractivity contribution in [3.8, 4) is 5.88 Å². The Morgan fingerprint density at radius 2 is 2.03 bits per heavy atom. The van der Waals surface area contributed by atoms with E-state index >= 15 is 0 Å². The maximum absolute atomic E-state index is 12.8. The molecule has 0 aliphatic rings. The first-order valence-corrected chi connectivity index (χ1v) is 10.7. The van der Waals surface area contributed by atoms with E-state index < -0.39 is 11.5 Å². The lowest BCUT2D eigenvalue weighted by Gasteiger charge is -2.10. The minimum atomic E-state index is -0.665. The van der Waals surface area contributed by atoms with E-state index in [0.29, 0.717) is 28.9 Å². The van der Waals surface area contributed by atoms with Crippen LogP contribution in [0.5, 0.6) is 5.88 Å². The molecular weight excluding hydrogens is 452 g/mol. The number of pyridine rings is 2. The first-order chi connectivity index (χ1) is 15.4. The molecule has 4 rings (SSSR count). The molecule has 0 spiro atoms. The summed E-state index contributed by atoms with van der Waals surface area (Å²) in [5, 5.41) is 10.1. The monoisotopic (exact) mass is 468 g/mol. The predicted octanol–water partition coefficient (Wildman–Crippen LogP) is 3.83. The minimum absolute atomic E-state index is 0.118. The Morgan fingerprint density at radius 3 is 2.78 bits per heavy atom. The summed E-state index contributed by atoms with van der Waals surface area (Å²) in [6.07, 6.45) is 1.49. The molecule has 0 aliphatic heterocycles. The summed E-state index contributed by atoms with van der Waals surface area (Å²) in [7, 11) is 1.47. The molecule has 0 fully saturated rings. The molecule has 0 unspecified atom stereocenters.